The Balaban J connectivity index is 2.91. The van der Waals surface area contributed by atoms with E-state index < -0.39 is 10.0 Å². The number of carbonyl (C=O) groups is 1. The van der Waals surface area contributed by atoms with E-state index in [4.69, 9.17) is 0 Å². The van der Waals surface area contributed by atoms with E-state index in [1.165, 1.54) is 19.1 Å². The van der Waals surface area contributed by atoms with Gasteiger partial charge >= 0.3 is 0 Å². The highest BCUT2D eigenvalue weighted by atomic mass is 79.9. The largest absolute Gasteiger partial charge is 0.325 e. The molecule has 0 bridgehead atoms. The SMILES string of the molecule is CNC(C)CNS(=O)(=O)c1ccc(NC(C)=O)c(Br)c1. The van der Waals surface area contributed by atoms with Crippen molar-refractivity contribution in [1.29, 1.82) is 0 Å². The number of nitrogens with one attached hydrogen (secondary N) is 3. The zero-order chi connectivity index (χ0) is 15.3. The van der Waals surface area contributed by atoms with Gasteiger partial charge in [-0.05, 0) is 48.1 Å². The summed E-state index contributed by atoms with van der Waals surface area (Å²) in [7, 11) is -1.80. The smallest absolute Gasteiger partial charge is 0.240 e. The Morgan fingerprint density at radius 2 is 2.05 bits per heavy atom. The standard InChI is InChI=1S/C12H18BrN3O3S/c1-8(14-3)7-15-20(18,19)10-4-5-12(11(13)6-10)16-9(2)17/h4-6,8,14-15H,7H2,1-3H3,(H,16,17). The molecular weight excluding hydrogens is 346 g/mol. The maximum atomic E-state index is 12.1. The molecule has 0 aliphatic heterocycles. The molecular formula is C12H18BrN3O3S. The summed E-state index contributed by atoms with van der Waals surface area (Å²) in [5, 5.41) is 5.55. The van der Waals surface area contributed by atoms with Crippen molar-refractivity contribution in [1.82, 2.24) is 10.0 Å². The van der Waals surface area contributed by atoms with Gasteiger partial charge in [-0.1, -0.05) is 0 Å². The summed E-state index contributed by atoms with van der Waals surface area (Å²) in [4.78, 5) is 11.1. The van der Waals surface area contributed by atoms with Crippen LogP contribution >= 0.6 is 15.9 Å². The number of hydrogen-bond donors (Lipinski definition) is 3. The van der Waals surface area contributed by atoms with Crippen LogP contribution in [0.5, 0.6) is 0 Å². The monoisotopic (exact) mass is 363 g/mol. The fourth-order valence-electron chi connectivity index (χ4n) is 1.37. The molecule has 1 aromatic carbocycles. The summed E-state index contributed by atoms with van der Waals surface area (Å²) < 4.78 is 27.2. The molecule has 0 saturated carbocycles. The van der Waals surface area contributed by atoms with Crippen LogP contribution in [-0.2, 0) is 14.8 Å². The second-order valence-corrected chi connectivity index (χ2v) is 6.99. The molecule has 1 amide bonds. The lowest BCUT2D eigenvalue weighted by Crippen LogP contribution is -2.37. The van der Waals surface area contributed by atoms with Crippen LogP contribution in [0, 0.1) is 0 Å². The van der Waals surface area contributed by atoms with Crippen molar-refractivity contribution in [3.8, 4) is 0 Å². The van der Waals surface area contributed by atoms with Crippen LogP contribution in [0.4, 0.5) is 5.69 Å². The molecule has 0 fully saturated rings. The number of carbonyl (C=O) groups excluding carboxylic acids is 1. The van der Waals surface area contributed by atoms with Gasteiger partial charge in [0, 0.05) is 24.0 Å². The van der Waals surface area contributed by atoms with E-state index in [2.05, 4.69) is 31.3 Å². The first-order chi connectivity index (χ1) is 9.26. The molecule has 112 valence electrons. The second-order valence-electron chi connectivity index (χ2n) is 4.36. The van der Waals surface area contributed by atoms with E-state index in [0.29, 0.717) is 16.7 Å². The highest BCUT2D eigenvalue weighted by molar-refractivity contribution is 9.10. The predicted octanol–water partition coefficient (Wildman–Crippen LogP) is 1.29. The van der Waals surface area contributed by atoms with Crippen molar-refractivity contribution < 1.29 is 13.2 Å². The van der Waals surface area contributed by atoms with Gasteiger partial charge in [0.2, 0.25) is 15.9 Å². The Bertz CT molecular complexity index is 590. The first kappa shape index (κ1) is 17.1. The van der Waals surface area contributed by atoms with Crippen LogP contribution in [0.3, 0.4) is 0 Å². The molecule has 6 nitrogen and oxygen atoms in total. The van der Waals surface area contributed by atoms with Crippen LogP contribution in [0.1, 0.15) is 13.8 Å². The van der Waals surface area contributed by atoms with Crippen molar-refractivity contribution in [2.75, 3.05) is 18.9 Å². The Kier molecular flexibility index (Phi) is 6.12. The van der Waals surface area contributed by atoms with Crippen LogP contribution in [-0.4, -0.2) is 34.0 Å². The Morgan fingerprint density at radius 3 is 2.55 bits per heavy atom. The third-order valence-corrected chi connectivity index (χ3v) is 4.71. The third kappa shape index (κ3) is 4.86. The van der Waals surface area contributed by atoms with Gasteiger partial charge in [0.1, 0.15) is 0 Å². The Labute approximate surface area is 127 Å². The second kappa shape index (κ2) is 7.16. The highest BCUT2D eigenvalue weighted by Crippen LogP contribution is 2.25. The molecule has 8 heteroatoms. The van der Waals surface area contributed by atoms with E-state index in [0.717, 1.165) is 0 Å². The molecule has 20 heavy (non-hydrogen) atoms. The van der Waals surface area contributed by atoms with Crippen LogP contribution < -0.4 is 15.4 Å². The lowest BCUT2D eigenvalue weighted by atomic mass is 10.3. The minimum atomic E-state index is -3.57. The highest BCUT2D eigenvalue weighted by Gasteiger charge is 2.16. The van der Waals surface area contributed by atoms with Crippen molar-refractivity contribution in [2.24, 2.45) is 0 Å². The normalized spacial score (nSPS) is 13.0. The van der Waals surface area contributed by atoms with Crippen LogP contribution in [0.2, 0.25) is 0 Å². The van der Waals surface area contributed by atoms with Gasteiger partial charge in [-0.2, -0.15) is 0 Å². The summed E-state index contributed by atoms with van der Waals surface area (Å²) in [5.74, 6) is -0.220. The summed E-state index contributed by atoms with van der Waals surface area (Å²) >= 11 is 3.24. The zero-order valence-corrected chi connectivity index (χ0v) is 13.9. The number of anilines is 1. The fraction of sp³-hybridized carbons (Fsp3) is 0.417. The van der Waals surface area contributed by atoms with Gasteiger partial charge in [0.05, 0.1) is 10.6 Å². The first-order valence-electron chi connectivity index (χ1n) is 6.00. The molecule has 0 aliphatic rings. The Hall–Kier alpha value is -0.960. The lowest BCUT2D eigenvalue weighted by molar-refractivity contribution is -0.114. The minimum absolute atomic E-state index is 0.0341. The molecule has 0 spiro atoms. The molecule has 1 aromatic rings. The molecule has 1 atom stereocenters. The maximum Gasteiger partial charge on any atom is 0.240 e. The van der Waals surface area contributed by atoms with E-state index >= 15 is 0 Å². The number of halogens is 1. The predicted molar refractivity (Wildman–Crippen MR) is 82.2 cm³/mol. The van der Waals surface area contributed by atoms with Gasteiger partial charge in [-0.3, -0.25) is 4.79 Å². The summed E-state index contributed by atoms with van der Waals surface area (Å²) in [6, 6.07) is 4.48. The van der Waals surface area contributed by atoms with Gasteiger partial charge < -0.3 is 10.6 Å². The van der Waals surface area contributed by atoms with Gasteiger partial charge in [-0.25, -0.2) is 13.1 Å². The van der Waals surface area contributed by atoms with Crippen LogP contribution in [0.15, 0.2) is 27.6 Å². The van der Waals surface area contributed by atoms with E-state index in [1.807, 2.05) is 6.92 Å². The lowest BCUT2D eigenvalue weighted by Gasteiger charge is -2.13. The molecule has 1 rings (SSSR count). The molecule has 0 saturated heterocycles. The summed E-state index contributed by atoms with van der Waals surface area (Å²) in [5.41, 5.74) is 0.528. The first-order valence-corrected chi connectivity index (χ1v) is 8.28. The number of rotatable bonds is 6. The molecule has 0 radical (unpaired) electrons. The minimum Gasteiger partial charge on any atom is -0.325 e. The maximum absolute atomic E-state index is 12.1. The average molecular weight is 364 g/mol. The van der Waals surface area contributed by atoms with Crippen LogP contribution in [0.25, 0.3) is 0 Å². The quantitative estimate of drug-likeness (QED) is 0.710. The van der Waals surface area contributed by atoms with Crippen molar-refractivity contribution in [2.45, 2.75) is 24.8 Å². The fourth-order valence-corrected chi connectivity index (χ4v) is 3.16. The Morgan fingerprint density at radius 1 is 1.40 bits per heavy atom. The van der Waals surface area contributed by atoms with E-state index in [9.17, 15) is 13.2 Å². The number of likely N-dealkylation sites (N-methyl/N-ethyl adjacent to an activating group) is 1. The van der Waals surface area contributed by atoms with Gasteiger partial charge in [-0.15, -0.1) is 0 Å². The molecule has 1 unspecified atom stereocenters. The number of sulfonamides is 1. The summed E-state index contributed by atoms with van der Waals surface area (Å²) in [6.45, 7) is 3.56. The molecule has 0 aromatic heterocycles. The number of hydrogen-bond acceptors (Lipinski definition) is 4. The summed E-state index contributed by atoms with van der Waals surface area (Å²) in [6.07, 6.45) is 0. The molecule has 0 heterocycles. The average Bonchev–Trinajstić information content (AvgIpc) is 2.37. The molecule has 0 aliphatic carbocycles. The third-order valence-electron chi connectivity index (χ3n) is 2.63. The zero-order valence-electron chi connectivity index (χ0n) is 11.5. The van der Waals surface area contributed by atoms with E-state index in [-0.39, 0.29) is 16.8 Å². The number of benzene rings is 1. The van der Waals surface area contributed by atoms with Gasteiger partial charge in [0.25, 0.3) is 0 Å². The van der Waals surface area contributed by atoms with Crippen molar-refractivity contribution >= 4 is 37.5 Å². The van der Waals surface area contributed by atoms with Crippen molar-refractivity contribution in [3.63, 3.8) is 0 Å². The van der Waals surface area contributed by atoms with Gasteiger partial charge in [0.15, 0.2) is 0 Å². The number of amides is 1. The topological polar surface area (TPSA) is 87.3 Å². The molecule has 3 N–H and O–H groups in total. The van der Waals surface area contributed by atoms with E-state index in [1.54, 1.807) is 13.1 Å². The van der Waals surface area contributed by atoms with Crippen molar-refractivity contribution in [3.05, 3.63) is 22.7 Å².